The number of hydrogen-bond acceptors (Lipinski definition) is 1. The van der Waals surface area contributed by atoms with E-state index in [1.807, 2.05) is 50.3 Å². The van der Waals surface area contributed by atoms with Gasteiger partial charge in [-0.25, -0.2) is 0 Å². The summed E-state index contributed by atoms with van der Waals surface area (Å²) in [7, 11) is 0. The van der Waals surface area contributed by atoms with E-state index >= 15 is 0 Å². The van der Waals surface area contributed by atoms with Crippen LogP contribution < -0.4 is 0 Å². The first kappa shape index (κ1) is 17.8. The second-order valence-corrected chi connectivity index (χ2v) is 2.87. The Morgan fingerprint density at radius 3 is 1.59 bits per heavy atom. The molecule has 0 heterocycles. The van der Waals surface area contributed by atoms with Gasteiger partial charge < -0.3 is 4.74 Å². The van der Waals surface area contributed by atoms with Crippen molar-refractivity contribution in [2.24, 2.45) is 0 Å². The van der Waals surface area contributed by atoms with Crippen molar-refractivity contribution < 1.29 is 4.74 Å². The van der Waals surface area contributed by atoms with Gasteiger partial charge in [-0.3, -0.25) is 0 Å². The minimum absolute atomic E-state index is 0.844. The fourth-order valence-corrected chi connectivity index (χ4v) is 0.793. The maximum absolute atomic E-state index is 4.83. The van der Waals surface area contributed by atoms with Gasteiger partial charge in [0, 0.05) is 13.2 Å². The highest BCUT2D eigenvalue weighted by molar-refractivity contribution is 5.45. The predicted octanol–water partition coefficient (Wildman–Crippen LogP) is 4.73. The van der Waals surface area contributed by atoms with E-state index < -0.39 is 0 Å². The molecule has 1 aromatic carbocycles. The molecule has 1 nitrogen and oxygen atoms in total. The van der Waals surface area contributed by atoms with Gasteiger partial charge in [-0.1, -0.05) is 68.3 Å². The molecule has 0 N–H and O–H groups in total. The zero-order chi connectivity index (χ0) is 13.4. The number of rotatable bonds is 4. The minimum atomic E-state index is 0.844. The van der Waals surface area contributed by atoms with Crippen LogP contribution in [0.25, 0.3) is 6.08 Å². The zero-order valence-electron chi connectivity index (χ0n) is 11.1. The van der Waals surface area contributed by atoms with Crippen molar-refractivity contribution in [3.63, 3.8) is 0 Å². The Kier molecular flexibility index (Phi) is 17.6. The molecule has 0 atom stereocenters. The number of allylic oxidation sites excluding steroid dienone is 2. The molecular weight excluding hydrogens is 208 g/mol. The summed E-state index contributed by atoms with van der Waals surface area (Å²) < 4.78 is 4.83. The topological polar surface area (TPSA) is 9.23 Å². The quantitative estimate of drug-likeness (QED) is 0.682. The predicted molar refractivity (Wildman–Crippen MR) is 79.1 cm³/mol. The van der Waals surface area contributed by atoms with E-state index in [0.717, 1.165) is 13.2 Å². The Labute approximate surface area is 106 Å². The van der Waals surface area contributed by atoms with Crippen LogP contribution in [0.2, 0.25) is 0 Å². The van der Waals surface area contributed by atoms with Gasteiger partial charge in [0.1, 0.15) is 0 Å². The summed E-state index contributed by atoms with van der Waals surface area (Å²) in [6.07, 6.45) is 5.11. The van der Waals surface area contributed by atoms with E-state index in [0.29, 0.717) is 0 Å². The second-order valence-electron chi connectivity index (χ2n) is 2.87. The van der Waals surface area contributed by atoms with Gasteiger partial charge in [0.25, 0.3) is 0 Å². The third kappa shape index (κ3) is 17.0. The van der Waals surface area contributed by atoms with Crippen molar-refractivity contribution in [3.8, 4) is 0 Å². The highest BCUT2D eigenvalue weighted by Crippen LogP contribution is 1.97. The minimum Gasteiger partial charge on any atom is -0.382 e. The van der Waals surface area contributed by atoms with Crippen LogP contribution in [0.1, 0.15) is 19.4 Å². The molecule has 1 heteroatoms. The lowest BCUT2D eigenvalue weighted by molar-refractivity contribution is 0.162. The summed E-state index contributed by atoms with van der Waals surface area (Å²) in [5.74, 6) is 0. The van der Waals surface area contributed by atoms with Crippen molar-refractivity contribution in [1.29, 1.82) is 0 Å². The fourth-order valence-electron chi connectivity index (χ4n) is 0.793. The third-order valence-corrected chi connectivity index (χ3v) is 1.61. The maximum Gasteiger partial charge on any atom is 0.0437 e. The number of benzene rings is 1. The summed E-state index contributed by atoms with van der Waals surface area (Å²) in [6, 6.07) is 10.0. The van der Waals surface area contributed by atoms with Gasteiger partial charge in [0.15, 0.2) is 0 Å². The van der Waals surface area contributed by atoms with Gasteiger partial charge in [0.05, 0.1) is 0 Å². The molecule has 17 heavy (non-hydrogen) atoms. The highest BCUT2D eigenvalue weighted by Gasteiger charge is 1.75. The molecule has 0 saturated carbocycles. The summed E-state index contributed by atoms with van der Waals surface area (Å²) in [5, 5.41) is 0. The molecule has 1 aromatic rings. The SMILES string of the molecule is C=CC=C.C=Cc1ccccc1.CCOCC. The van der Waals surface area contributed by atoms with Crippen LogP contribution in [0.4, 0.5) is 0 Å². The summed E-state index contributed by atoms with van der Waals surface area (Å²) >= 11 is 0. The third-order valence-electron chi connectivity index (χ3n) is 1.61. The Balaban J connectivity index is 0. The Hall–Kier alpha value is -1.60. The molecule has 0 saturated heterocycles. The Morgan fingerprint density at radius 2 is 1.41 bits per heavy atom. The van der Waals surface area contributed by atoms with Gasteiger partial charge in [-0.2, -0.15) is 0 Å². The van der Waals surface area contributed by atoms with E-state index in [9.17, 15) is 0 Å². The van der Waals surface area contributed by atoms with Crippen molar-refractivity contribution in [1.82, 2.24) is 0 Å². The number of ether oxygens (including phenoxy) is 1. The molecule has 0 bridgehead atoms. The largest absolute Gasteiger partial charge is 0.382 e. The van der Waals surface area contributed by atoms with Crippen LogP contribution in [-0.4, -0.2) is 13.2 Å². The zero-order valence-corrected chi connectivity index (χ0v) is 11.1. The molecule has 94 valence electrons. The van der Waals surface area contributed by atoms with Crippen LogP contribution in [0, 0.1) is 0 Å². The van der Waals surface area contributed by atoms with Gasteiger partial charge in [0.2, 0.25) is 0 Å². The van der Waals surface area contributed by atoms with Crippen molar-refractivity contribution in [2.75, 3.05) is 13.2 Å². The van der Waals surface area contributed by atoms with E-state index in [2.05, 4.69) is 19.7 Å². The van der Waals surface area contributed by atoms with Gasteiger partial charge in [-0.15, -0.1) is 0 Å². The first-order valence-corrected chi connectivity index (χ1v) is 5.75. The lowest BCUT2D eigenvalue weighted by Crippen LogP contribution is -1.84. The molecule has 0 amide bonds. The van der Waals surface area contributed by atoms with Crippen molar-refractivity contribution >= 4 is 6.08 Å². The summed E-state index contributed by atoms with van der Waals surface area (Å²) in [4.78, 5) is 0. The monoisotopic (exact) mass is 232 g/mol. The highest BCUT2D eigenvalue weighted by atomic mass is 16.5. The maximum atomic E-state index is 4.83. The lowest BCUT2D eigenvalue weighted by atomic mass is 10.2. The van der Waals surface area contributed by atoms with Crippen molar-refractivity contribution in [3.05, 3.63) is 67.8 Å². The molecule has 0 unspecified atom stereocenters. The first-order chi connectivity index (χ1) is 8.26. The normalized spacial score (nSPS) is 7.65. The Bertz CT molecular complexity index is 267. The smallest absolute Gasteiger partial charge is 0.0437 e. The summed E-state index contributed by atoms with van der Waals surface area (Å²) in [5.41, 5.74) is 1.17. The van der Waals surface area contributed by atoms with Crippen molar-refractivity contribution in [2.45, 2.75) is 13.8 Å². The van der Waals surface area contributed by atoms with E-state index in [1.165, 1.54) is 5.56 Å². The van der Waals surface area contributed by atoms with Crippen LogP contribution in [0.5, 0.6) is 0 Å². The summed E-state index contributed by atoms with van der Waals surface area (Å²) in [6.45, 7) is 16.0. The lowest BCUT2D eigenvalue weighted by Gasteiger charge is -1.86. The molecular formula is C16H24O. The molecule has 0 radical (unpaired) electrons. The molecule has 0 aromatic heterocycles. The van der Waals surface area contributed by atoms with Crippen LogP contribution >= 0.6 is 0 Å². The molecule has 0 fully saturated rings. The molecule has 0 aliphatic heterocycles. The van der Waals surface area contributed by atoms with E-state index in [1.54, 1.807) is 12.2 Å². The van der Waals surface area contributed by atoms with E-state index in [4.69, 9.17) is 4.74 Å². The molecule has 0 aliphatic rings. The Morgan fingerprint density at radius 1 is 0.941 bits per heavy atom. The van der Waals surface area contributed by atoms with Crippen LogP contribution in [0.3, 0.4) is 0 Å². The average Bonchev–Trinajstić information content (AvgIpc) is 2.41. The first-order valence-electron chi connectivity index (χ1n) is 5.75. The number of hydrogen-bond donors (Lipinski definition) is 0. The standard InChI is InChI=1S/C8H8.C4H10O.C4H6/c1-2-8-6-4-3-5-7-8;1-3-5-4-2;1-3-4-2/h2-7H,1H2;3-4H2,1-2H3;3-4H,1-2H2. The van der Waals surface area contributed by atoms with E-state index in [-0.39, 0.29) is 0 Å². The van der Waals surface area contributed by atoms with Gasteiger partial charge >= 0.3 is 0 Å². The molecule has 1 rings (SSSR count). The molecule has 0 spiro atoms. The fraction of sp³-hybridized carbons (Fsp3) is 0.250. The second kappa shape index (κ2) is 16.8. The van der Waals surface area contributed by atoms with Gasteiger partial charge in [-0.05, 0) is 19.4 Å². The average molecular weight is 232 g/mol. The van der Waals surface area contributed by atoms with Crippen LogP contribution in [0.15, 0.2) is 62.2 Å². The van der Waals surface area contributed by atoms with Crippen LogP contribution in [-0.2, 0) is 4.74 Å². The molecule has 0 aliphatic carbocycles.